The van der Waals surface area contributed by atoms with Gasteiger partial charge < -0.3 is 14.8 Å². The molecule has 0 aliphatic carbocycles. The Labute approximate surface area is 166 Å². The van der Waals surface area contributed by atoms with Crippen LogP contribution in [0.1, 0.15) is 16.1 Å². The van der Waals surface area contributed by atoms with Crippen LogP contribution in [0.4, 0.5) is 10.1 Å². The number of aryl methyl sites for hydroxylation is 1. The molecule has 3 aromatic rings. The summed E-state index contributed by atoms with van der Waals surface area (Å²) in [6.45, 7) is 1.72. The maximum Gasteiger partial charge on any atom is 0.261 e. The summed E-state index contributed by atoms with van der Waals surface area (Å²) in [4.78, 5) is 13.9. The lowest BCUT2D eigenvalue weighted by atomic mass is 10.2. The van der Waals surface area contributed by atoms with Crippen molar-refractivity contribution >= 4 is 23.4 Å². The molecule has 8 heteroatoms. The number of halogens is 1. The van der Waals surface area contributed by atoms with E-state index in [0.717, 1.165) is 4.90 Å². The molecule has 0 saturated heterocycles. The van der Waals surface area contributed by atoms with Gasteiger partial charge in [-0.1, -0.05) is 6.07 Å². The Morgan fingerprint density at radius 3 is 2.68 bits per heavy atom. The molecular weight excluding hydrogens is 381 g/mol. The SMILES string of the molecule is COc1cc(F)ccc1Oc1nnc(C)cc1C(=O)Nc1cccc(SC)c1. The Bertz CT molecular complexity index is 1010. The molecule has 0 fully saturated rings. The zero-order valence-electron chi connectivity index (χ0n) is 15.5. The van der Waals surface area contributed by atoms with Gasteiger partial charge in [-0.15, -0.1) is 16.9 Å². The van der Waals surface area contributed by atoms with Crippen LogP contribution in [0.25, 0.3) is 0 Å². The van der Waals surface area contributed by atoms with E-state index < -0.39 is 11.7 Å². The lowest BCUT2D eigenvalue weighted by molar-refractivity contribution is 0.102. The molecule has 1 amide bonds. The van der Waals surface area contributed by atoms with Crippen molar-refractivity contribution in [1.29, 1.82) is 0 Å². The quantitative estimate of drug-likeness (QED) is 0.606. The van der Waals surface area contributed by atoms with Crippen LogP contribution < -0.4 is 14.8 Å². The van der Waals surface area contributed by atoms with Gasteiger partial charge in [-0.05, 0) is 49.6 Å². The smallest absolute Gasteiger partial charge is 0.261 e. The molecule has 0 aliphatic rings. The molecule has 3 rings (SSSR count). The van der Waals surface area contributed by atoms with E-state index in [0.29, 0.717) is 11.4 Å². The first-order valence-corrected chi connectivity index (χ1v) is 9.53. The van der Waals surface area contributed by atoms with Crippen LogP contribution in [-0.2, 0) is 0 Å². The predicted octanol–water partition coefficient (Wildman–Crippen LogP) is 4.70. The molecule has 1 N–H and O–H groups in total. The summed E-state index contributed by atoms with van der Waals surface area (Å²) in [7, 11) is 1.40. The van der Waals surface area contributed by atoms with Gasteiger partial charge in [-0.3, -0.25) is 4.79 Å². The molecule has 0 aliphatic heterocycles. The number of benzene rings is 2. The lowest BCUT2D eigenvalue weighted by Crippen LogP contribution is -2.15. The van der Waals surface area contributed by atoms with Gasteiger partial charge in [0.1, 0.15) is 11.4 Å². The topological polar surface area (TPSA) is 73.3 Å². The highest BCUT2D eigenvalue weighted by Gasteiger charge is 2.18. The summed E-state index contributed by atoms with van der Waals surface area (Å²) in [6.07, 6.45) is 1.96. The number of hydrogen-bond donors (Lipinski definition) is 1. The van der Waals surface area contributed by atoms with Crippen LogP contribution in [0.15, 0.2) is 53.4 Å². The van der Waals surface area contributed by atoms with E-state index in [1.807, 2.05) is 24.5 Å². The number of nitrogens with one attached hydrogen (secondary N) is 1. The average molecular weight is 399 g/mol. The Morgan fingerprint density at radius 1 is 1.11 bits per heavy atom. The van der Waals surface area contributed by atoms with Crippen LogP contribution in [0, 0.1) is 12.7 Å². The van der Waals surface area contributed by atoms with Gasteiger partial charge >= 0.3 is 0 Å². The van der Waals surface area contributed by atoms with E-state index in [-0.39, 0.29) is 22.9 Å². The van der Waals surface area contributed by atoms with Gasteiger partial charge in [0.15, 0.2) is 11.5 Å². The molecule has 0 bridgehead atoms. The molecule has 6 nitrogen and oxygen atoms in total. The molecule has 1 aromatic heterocycles. The fourth-order valence-corrected chi connectivity index (χ4v) is 2.90. The van der Waals surface area contributed by atoms with Crippen LogP contribution in [0.3, 0.4) is 0 Å². The minimum absolute atomic E-state index is 0.00553. The fourth-order valence-electron chi connectivity index (χ4n) is 2.44. The fraction of sp³-hybridized carbons (Fsp3) is 0.150. The second-order valence-corrected chi connectivity index (χ2v) is 6.67. The third-order valence-electron chi connectivity index (χ3n) is 3.79. The zero-order chi connectivity index (χ0) is 20.1. The van der Waals surface area contributed by atoms with E-state index in [9.17, 15) is 9.18 Å². The number of aromatic nitrogens is 2. The number of anilines is 1. The van der Waals surface area contributed by atoms with Crippen molar-refractivity contribution in [2.45, 2.75) is 11.8 Å². The number of methoxy groups -OCH3 is 1. The molecule has 1 heterocycles. The first-order valence-electron chi connectivity index (χ1n) is 8.31. The number of nitrogens with zero attached hydrogens (tertiary/aromatic N) is 2. The van der Waals surface area contributed by atoms with Gasteiger partial charge in [0.2, 0.25) is 0 Å². The molecule has 0 saturated carbocycles. The number of carbonyl (C=O) groups excluding carboxylic acids is 1. The van der Waals surface area contributed by atoms with E-state index in [2.05, 4.69) is 15.5 Å². The van der Waals surface area contributed by atoms with Crippen molar-refractivity contribution < 1.29 is 18.7 Å². The monoisotopic (exact) mass is 399 g/mol. The van der Waals surface area contributed by atoms with Crippen molar-refractivity contribution in [3.05, 3.63) is 65.6 Å². The molecule has 0 radical (unpaired) electrons. The lowest BCUT2D eigenvalue weighted by Gasteiger charge is -2.13. The summed E-state index contributed by atoms with van der Waals surface area (Å²) in [5.41, 5.74) is 1.41. The van der Waals surface area contributed by atoms with Gasteiger partial charge in [-0.2, -0.15) is 5.10 Å². The van der Waals surface area contributed by atoms with Gasteiger partial charge in [0.05, 0.1) is 12.8 Å². The number of carbonyl (C=O) groups is 1. The maximum absolute atomic E-state index is 13.4. The van der Waals surface area contributed by atoms with Crippen molar-refractivity contribution in [3.63, 3.8) is 0 Å². The molecule has 0 atom stereocenters. The first kappa shape index (κ1) is 19.6. The summed E-state index contributed by atoms with van der Waals surface area (Å²) in [5.74, 6) is -0.464. The molecular formula is C20H18FN3O3S. The molecule has 0 spiro atoms. The third-order valence-corrected chi connectivity index (χ3v) is 4.51. The Morgan fingerprint density at radius 2 is 1.93 bits per heavy atom. The second-order valence-electron chi connectivity index (χ2n) is 5.79. The average Bonchev–Trinajstić information content (AvgIpc) is 2.70. The predicted molar refractivity (Wildman–Crippen MR) is 106 cm³/mol. The summed E-state index contributed by atoms with van der Waals surface area (Å²) >= 11 is 1.58. The van der Waals surface area contributed by atoms with Crippen LogP contribution in [0.5, 0.6) is 17.4 Å². The highest BCUT2D eigenvalue weighted by molar-refractivity contribution is 7.98. The summed E-state index contributed by atoms with van der Waals surface area (Å²) in [6, 6.07) is 12.9. The summed E-state index contributed by atoms with van der Waals surface area (Å²) < 4.78 is 24.3. The highest BCUT2D eigenvalue weighted by Crippen LogP contribution is 2.32. The summed E-state index contributed by atoms with van der Waals surface area (Å²) in [5, 5.41) is 10.8. The van der Waals surface area contributed by atoms with E-state index >= 15 is 0 Å². The van der Waals surface area contributed by atoms with Crippen molar-refractivity contribution in [1.82, 2.24) is 10.2 Å². The van der Waals surface area contributed by atoms with Gasteiger partial charge in [0.25, 0.3) is 11.8 Å². The third kappa shape index (κ3) is 4.58. The van der Waals surface area contributed by atoms with Crippen LogP contribution >= 0.6 is 11.8 Å². The molecule has 28 heavy (non-hydrogen) atoms. The number of thioether (sulfide) groups is 1. The van der Waals surface area contributed by atoms with E-state index in [1.54, 1.807) is 30.8 Å². The standard InChI is InChI=1S/C20H18FN3O3S/c1-12-9-16(19(25)22-14-5-4-6-15(11-14)28-3)20(24-23-12)27-17-8-7-13(21)10-18(17)26-2/h4-11H,1-3H3,(H,22,25). The number of rotatable bonds is 6. The van der Waals surface area contributed by atoms with Gasteiger partial charge in [-0.25, -0.2) is 4.39 Å². The van der Waals surface area contributed by atoms with Crippen molar-refractivity contribution in [3.8, 4) is 17.4 Å². The number of hydrogen-bond acceptors (Lipinski definition) is 6. The largest absolute Gasteiger partial charge is 0.493 e. The highest BCUT2D eigenvalue weighted by atomic mass is 32.2. The first-order chi connectivity index (χ1) is 13.5. The Hall–Kier alpha value is -3.13. The van der Waals surface area contributed by atoms with Crippen LogP contribution in [0.2, 0.25) is 0 Å². The van der Waals surface area contributed by atoms with E-state index in [1.165, 1.54) is 25.3 Å². The number of ether oxygens (including phenoxy) is 2. The number of amides is 1. The molecule has 0 unspecified atom stereocenters. The second kappa shape index (κ2) is 8.71. The van der Waals surface area contributed by atoms with Crippen molar-refractivity contribution in [2.75, 3.05) is 18.7 Å². The molecule has 144 valence electrons. The minimum Gasteiger partial charge on any atom is -0.493 e. The zero-order valence-corrected chi connectivity index (χ0v) is 16.3. The van der Waals surface area contributed by atoms with Crippen molar-refractivity contribution in [2.24, 2.45) is 0 Å². The van der Waals surface area contributed by atoms with Gasteiger partial charge in [0, 0.05) is 16.6 Å². The normalized spacial score (nSPS) is 10.4. The minimum atomic E-state index is -0.467. The molecule has 2 aromatic carbocycles. The van der Waals surface area contributed by atoms with E-state index in [4.69, 9.17) is 9.47 Å². The Balaban J connectivity index is 1.91. The van der Waals surface area contributed by atoms with Crippen LogP contribution in [-0.4, -0.2) is 29.5 Å². The Kier molecular flexibility index (Phi) is 6.10. The maximum atomic E-state index is 13.4.